The van der Waals surface area contributed by atoms with Crippen LogP contribution in [0, 0.1) is 0 Å². The molecular weight excluding hydrogens is 300 g/mol. The first kappa shape index (κ1) is 17.4. The predicted molar refractivity (Wildman–Crippen MR) is 96.1 cm³/mol. The van der Waals surface area contributed by atoms with Crippen LogP contribution in [0.25, 0.3) is 0 Å². The minimum Gasteiger partial charge on any atom is -0.377 e. The van der Waals surface area contributed by atoms with Crippen molar-refractivity contribution in [3.05, 3.63) is 35.4 Å². The van der Waals surface area contributed by atoms with Gasteiger partial charge in [0, 0.05) is 37.8 Å². The fourth-order valence-corrected chi connectivity index (χ4v) is 3.60. The molecule has 0 N–H and O–H groups in total. The molecule has 24 heavy (non-hydrogen) atoms. The topological polar surface area (TPSA) is 32.8 Å². The third-order valence-corrected chi connectivity index (χ3v) is 5.12. The highest BCUT2D eigenvalue weighted by Gasteiger charge is 2.28. The Morgan fingerprint density at radius 1 is 1.21 bits per heavy atom. The highest BCUT2D eigenvalue weighted by molar-refractivity contribution is 5.94. The predicted octanol–water partition coefficient (Wildman–Crippen LogP) is 3.31. The first-order valence-electron chi connectivity index (χ1n) is 9.45. The molecule has 1 saturated heterocycles. The molecule has 2 aliphatic rings. The average Bonchev–Trinajstić information content (AvgIpc) is 3.45. The molecule has 0 unspecified atom stereocenters. The lowest BCUT2D eigenvalue weighted by molar-refractivity contribution is 0.00724. The van der Waals surface area contributed by atoms with Crippen LogP contribution in [0.15, 0.2) is 24.3 Å². The average molecular weight is 330 g/mol. The van der Waals surface area contributed by atoms with Crippen LogP contribution in [-0.2, 0) is 11.3 Å². The van der Waals surface area contributed by atoms with Crippen molar-refractivity contribution in [2.24, 2.45) is 0 Å². The summed E-state index contributed by atoms with van der Waals surface area (Å²) in [5, 5.41) is 0. The number of carbonyl (C=O) groups is 1. The van der Waals surface area contributed by atoms with Crippen LogP contribution in [0.2, 0.25) is 0 Å². The molecule has 1 saturated carbocycles. The maximum Gasteiger partial charge on any atom is 0.253 e. The summed E-state index contributed by atoms with van der Waals surface area (Å²) in [6, 6.07) is 8.98. The highest BCUT2D eigenvalue weighted by atomic mass is 16.5. The zero-order valence-electron chi connectivity index (χ0n) is 15.0. The maximum atomic E-state index is 12.7. The van der Waals surface area contributed by atoms with E-state index in [4.69, 9.17) is 4.74 Å². The number of carbonyl (C=O) groups excluding carboxylic acids is 1. The highest BCUT2D eigenvalue weighted by Crippen LogP contribution is 2.28. The van der Waals surface area contributed by atoms with Gasteiger partial charge in [-0.3, -0.25) is 9.69 Å². The lowest BCUT2D eigenvalue weighted by Crippen LogP contribution is -2.43. The van der Waals surface area contributed by atoms with Gasteiger partial charge in [-0.1, -0.05) is 19.1 Å². The Morgan fingerprint density at radius 3 is 2.58 bits per heavy atom. The number of piperidine rings is 1. The van der Waals surface area contributed by atoms with Gasteiger partial charge in [0.15, 0.2) is 0 Å². The van der Waals surface area contributed by atoms with Crippen LogP contribution < -0.4 is 0 Å². The minimum absolute atomic E-state index is 0.139. The molecule has 0 spiro atoms. The number of likely N-dealkylation sites (tertiary alicyclic amines) is 1. The normalized spacial score (nSPS) is 21.3. The van der Waals surface area contributed by atoms with Gasteiger partial charge in [-0.25, -0.2) is 0 Å². The number of nitrogens with zero attached hydrogens (tertiary/aromatic N) is 2. The van der Waals surface area contributed by atoms with E-state index in [1.807, 2.05) is 24.0 Å². The maximum absolute atomic E-state index is 12.7. The van der Waals surface area contributed by atoms with Crippen molar-refractivity contribution in [1.82, 2.24) is 9.80 Å². The fourth-order valence-electron chi connectivity index (χ4n) is 3.60. The van der Waals surface area contributed by atoms with Crippen molar-refractivity contribution in [1.29, 1.82) is 0 Å². The second-order valence-electron chi connectivity index (χ2n) is 6.96. The van der Waals surface area contributed by atoms with Gasteiger partial charge in [-0.2, -0.15) is 0 Å². The van der Waals surface area contributed by atoms with Crippen LogP contribution in [0.5, 0.6) is 0 Å². The van der Waals surface area contributed by atoms with Gasteiger partial charge in [0.1, 0.15) is 0 Å². The molecule has 1 amide bonds. The van der Waals surface area contributed by atoms with E-state index in [2.05, 4.69) is 24.0 Å². The molecule has 132 valence electrons. The van der Waals surface area contributed by atoms with Crippen molar-refractivity contribution >= 4 is 5.91 Å². The van der Waals surface area contributed by atoms with E-state index in [1.165, 1.54) is 18.4 Å². The summed E-state index contributed by atoms with van der Waals surface area (Å²) in [7, 11) is 0. The summed E-state index contributed by atoms with van der Waals surface area (Å²) >= 11 is 0. The first-order valence-corrected chi connectivity index (χ1v) is 9.45. The molecule has 0 radical (unpaired) electrons. The van der Waals surface area contributed by atoms with Crippen molar-refractivity contribution < 1.29 is 9.53 Å². The molecule has 1 aliphatic carbocycles. The van der Waals surface area contributed by atoms with Crippen molar-refractivity contribution in [2.45, 2.75) is 58.2 Å². The second kappa shape index (κ2) is 8.13. The minimum atomic E-state index is 0.139. The Balaban J connectivity index is 1.59. The summed E-state index contributed by atoms with van der Waals surface area (Å²) < 4.78 is 5.70. The van der Waals surface area contributed by atoms with Crippen molar-refractivity contribution in [3.8, 4) is 0 Å². The molecule has 0 aromatic heterocycles. The summed E-state index contributed by atoms with van der Waals surface area (Å²) in [6.45, 7) is 8.61. The lowest BCUT2D eigenvalue weighted by Gasteiger charge is -2.32. The molecule has 3 rings (SSSR count). The molecule has 1 aromatic carbocycles. The van der Waals surface area contributed by atoms with Gasteiger partial charge >= 0.3 is 0 Å². The number of hydrogen-bond acceptors (Lipinski definition) is 3. The largest absolute Gasteiger partial charge is 0.377 e. The number of benzene rings is 1. The second-order valence-corrected chi connectivity index (χ2v) is 6.96. The Morgan fingerprint density at radius 2 is 1.96 bits per heavy atom. The molecule has 4 nitrogen and oxygen atoms in total. The SMILES string of the molecule is CCO[C@H]1CCCN(C(=O)c2ccc(CN(CC)C3CC3)cc2)C1. The van der Waals surface area contributed by atoms with E-state index >= 15 is 0 Å². The van der Waals surface area contributed by atoms with Crippen molar-refractivity contribution in [3.63, 3.8) is 0 Å². The number of amides is 1. The van der Waals surface area contributed by atoms with Crippen LogP contribution in [0.4, 0.5) is 0 Å². The summed E-state index contributed by atoms with van der Waals surface area (Å²) in [4.78, 5) is 17.2. The third-order valence-electron chi connectivity index (χ3n) is 5.12. The Hall–Kier alpha value is -1.39. The molecule has 1 atom stereocenters. The molecule has 1 aliphatic heterocycles. The van der Waals surface area contributed by atoms with Crippen LogP contribution >= 0.6 is 0 Å². The zero-order chi connectivity index (χ0) is 16.9. The summed E-state index contributed by atoms with van der Waals surface area (Å²) in [5.74, 6) is 0.139. The van der Waals surface area contributed by atoms with Gasteiger partial charge < -0.3 is 9.64 Å². The van der Waals surface area contributed by atoms with Crippen LogP contribution in [0.3, 0.4) is 0 Å². The molecule has 4 heteroatoms. The van der Waals surface area contributed by atoms with E-state index in [1.54, 1.807) is 0 Å². The Kier molecular flexibility index (Phi) is 5.90. The Bertz CT molecular complexity index is 537. The van der Waals surface area contributed by atoms with Gasteiger partial charge in [0.05, 0.1) is 6.10 Å². The molecule has 1 heterocycles. The van der Waals surface area contributed by atoms with Crippen molar-refractivity contribution in [2.75, 3.05) is 26.2 Å². The van der Waals surface area contributed by atoms with E-state index in [-0.39, 0.29) is 12.0 Å². The van der Waals surface area contributed by atoms with Crippen LogP contribution in [0.1, 0.15) is 55.5 Å². The van der Waals surface area contributed by atoms with E-state index in [9.17, 15) is 4.79 Å². The van der Waals surface area contributed by atoms with Gasteiger partial charge in [0.2, 0.25) is 0 Å². The number of ether oxygens (including phenoxy) is 1. The van der Waals surface area contributed by atoms with Gasteiger partial charge in [0.25, 0.3) is 5.91 Å². The quantitative estimate of drug-likeness (QED) is 0.769. The van der Waals surface area contributed by atoms with Gasteiger partial charge in [-0.15, -0.1) is 0 Å². The third kappa shape index (κ3) is 4.37. The fraction of sp³-hybridized carbons (Fsp3) is 0.650. The monoisotopic (exact) mass is 330 g/mol. The number of rotatable bonds is 7. The Labute approximate surface area is 145 Å². The standard InChI is InChI=1S/C20H30N2O2/c1-3-21(18-11-12-18)14-16-7-9-17(10-8-16)20(23)22-13-5-6-19(15-22)24-4-2/h7-10,18-19H,3-6,11-15H2,1-2H3/t19-/m0/s1. The molecule has 1 aromatic rings. The number of hydrogen-bond donors (Lipinski definition) is 0. The molecule has 0 bridgehead atoms. The first-order chi connectivity index (χ1) is 11.7. The zero-order valence-corrected chi connectivity index (χ0v) is 15.0. The summed E-state index contributed by atoms with van der Waals surface area (Å²) in [5.41, 5.74) is 2.09. The van der Waals surface area contributed by atoms with Gasteiger partial charge in [-0.05, 0) is 56.8 Å². The molecule has 2 fully saturated rings. The molecular formula is C20H30N2O2. The van der Waals surface area contributed by atoms with Crippen LogP contribution in [-0.4, -0.2) is 54.1 Å². The summed E-state index contributed by atoms with van der Waals surface area (Å²) in [6.07, 6.45) is 4.95. The van der Waals surface area contributed by atoms with E-state index in [0.29, 0.717) is 0 Å². The van der Waals surface area contributed by atoms with E-state index < -0.39 is 0 Å². The smallest absolute Gasteiger partial charge is 0.253 e. The van der Waals surface area contributed by atoms with E-state index in [0.717, 1.165) is 57.2 Å². The lowest BCUT2D eigenvalue weighted by atomic mass is 10.1.